The fourth-order valence-corrected chi connectivity index (χ4v) is 2.76. The minimum atomic E-state index is -0.364. The van der Waals surface area contributed by atoms with Gasteiger partial charge in [0.15, 0.2) is 0 Å². The molecule has 1 aromatic heterocycles. The van der Waals surface area contributed by atoms with Crippen molar-refractivity contribution in [3.8, 4) is 11.5 Å². The number of aryl methyl sites for hydroxylation is 1. The number of benzene rings is 2. The number of rotatable bonds is 4. The summed E-state index contributed by atoms with van der Waals surface area (Å²) in [5.41, 5.74) is 0.668. The lowest BCUT2D eigenvalue weighted by atomic mass is 10.2. The Morgan fingerprint density at radius 3 is 2.46 bits per heavy atom. The van der Waals surface area contributed by atoms with Gasteiger partial charge in [-0.3, -0.25) is 13.9 Å². The predicted octanol–water partition coefficient (Wildman–Crippen LogP) is 1.77. The third kappa shape index (κ3) is 2.56. The summed E-state index contributed by atoms with van der Waals surface area (Å²) in [7, 11) is 4.77. The second-order valence-electron chi connectivity index (χ2n) is 5.43. The number of aromatic nitrogens is 2. The maximum Gasteiger partial charge on any atom is 0.331 e. The summed E-state index contributed by atoms with van der Waals surface area (Å²) in [5.74, 6) is 1.21. The predicted molar refractivity (Wildman–Crippen MR) is 92.1 cm³/mol. The van der Waals surface area contributed by atoms with Crippen molar-refractivity contribution in [2.24, 2.45) is 7.05 Å². The molecule has 1 heterocycles. The van der Waals surface area contributed by atoms with Gasteiger partial charge in [0.05, 0.1) is 31.7 Å². The molecule has 124 valence electrons. The number of hydrogen-bond donors (Lipinski definition) is 0. The highest BCUT2D eigenvalue weighted by atomic mass is 16.5. The quantitative estimate of drug-likeness (QED) is 0.733. The molecule has 6 heteroatoms. The van der Waals surface area contributed by atoms with Gasteiger partial charge in [-0.15, -0.1) is 0 Å². The fourth-order valence-electron chi connectivity index (χ4n) is 2.76. The molecule has 0 atom stereocenters. The zero-order valence-electron chi connectivity index (χ0n) is 13.8. The molecule has 0 unspecified atom stereocenters. The molecule has 0 spiro atoms. The van der Waals surface area contributed by atoms with Gasteiger partial charge in [-0.05, 0) is 24.3 Å². The molecule has 0 aliphatic carbocycles. The summed E-state index contributed by atoms with van der Waals surface area (Å²) in [6.07, 6.45) is 0. The van der Waals surface area contributed by atoms with Crippen molar-refractivity contribution in [2.75, 3.05) is 14.2 Å². The van der Waals surface area contributed by atoms with E-state index in [2.05, 4.69) is 0 Å². The van der Waals surface area contributed by atoms with Gasteiger partial charge in [0.25, 0.3) is 5.56 Å². The van der Waals surface area contributed by atoms with E-state index in [1.165, 1.54) is 9.13 Å². The molecule has 24 heavy (non-hydrogen) atoms. The van der Waals surface area contributed by atoms with E-state index in [9.17, 15) is 9.59 Å². The van der Waals surface area contributed by atoms with Crippen LogP contribution in [-0.2, 0) is 13.6 Å². The Bertz CT molecular complexity index is 1020. The first-order valence-corrected chi connectivity index (χ1v) is 7.46. The van der Waals surface area contributed by atoms with E-state index in [1.807, 2.05) is 0 Å². The number of hydrogen-bond acceptors (Lipinski definition) is 4. The number of nitrogens with zero attached hydrogens (tertiary/aromatic N) is 2. The van der Waals surface area contributed by atoms with E-state index in [4.69, 9.17) is 9.47 Å². The minimum Gasteiger partial charge on any atom is -0.497 e. The molecule has 0 saturated heterocycles. The molecule has 6 nitrogen and oxygen atoms in total. The lowest BCUT2D eigenvalue weighted by molar-refractivity contribution is 0.389. The lowest BCUT2D eigenvalue weighted by Gasteiger charge is -2.13. The van der Waals surface area contributed by atoms with Gasteiger partial charge in [0, 0.05) is 18.7 Å². The van der Waals surface area contributed by atoms with Crippen LogP contribution in [0.5, 0.6) is 11.5 Å². The summed E-state index contributed by atoms with van der Waals surface area (Å²) in [6.45, 7) is 0.128. The Kier molecular flexibility index (Phi) is 4.12. The van der Waals surface area contributed by atoms with Crippen molar-refractivity contribution in [3.63, 3.8) is 0 Å². The van der Waals surface area contributed by atoms with Gasteiger partial charge >= 0.3 is 5.69 Å². The monoisotopic (exact) mass is 326 g/mol. The van der Waals surface area contributed by atoms with E-state index in [0.29, 0.717) is 22.4 Å². The van der Waals surface area contributed by atoms with E-state index in [1.54, 1.807) is 63.7 Å². The van der Waals surface area contributed by atoms with Gasteiger partial charge in [0.1, 0.15) is 11.5 Å². The van der Waals surface area contributed by atoms with Crippen molar-refractivity contribution in [3.05, 3.63) is 68.9 Å². The summed E-state index contributed by atoms with van der Waals surface area (Å²) in [6, 6.07) is 12.4. The molecule has 0 fully saturated rings. The van der Waals surface area contributed by atoms with Crippen LogP contribution in [0.25, 0.3) is 10.9 Å². The van der Waals surface area contributed by atoms with E-state index < -0.39 is 0 Å². The van der Waals surface area contributed by atoms with E-state index in [-0.39, 0.29) is 17.8 Å². The van der Waals surface area contributed by atoms with Crippen LogP contribution in [0.4, 0.5) is 0 Å². The Morgan fingerprint density at radius 2 is 1.75 bits per heavy atom. The first-order chi connectivity index (χ1) is 11.6. The van der Waals surface area contributed by atoms with Crippen LogP contribution >= 0.6 is 0 Å². The Hall–Kier alpha value is -3.02. The Morgan fingerprint density at radius 1 is 1.00 bits per heavy atom. The summed E-state index contributed by atoms with van der Waals surface area (Å²) in [5, 5.41) is 0.507. The zero-order chi connectivity index (χ0) is 17.3. The van der Waals surface area contributed by atoms with Crippen LogP contribution in [-0.4, -0.2) is 23.4 Å². The van der Waals surface area contributed by atoms with Crippen LogP contribution in [0.1, 0.15) is 5.56 Å². The van der Waals surface area contributed by atoms with Gasteiger partial charge in [-0.25, -0.2) is 4.79 Å². The smallest absolute Gasteiger partial charge is 0.331 e. The first kappa shape index (κ1) is 15.9. The van der Waals surface area contributed by atoms with Crippen LogP contribution < -0.4 is 20.7 Å². The summed E-state index contributed by atoms with van der Waals surface area (Å²) in [4.78, 5) is 25.3. The van der Waals surface area contributed by atoms with Crippen molar-refractivity contribution in [1.29, 1.82) is 0 Å². The SMILES string of the molecule is COc1ccc(Cn2c(=O)c3ccccc3n(C)c2=O)c(OC)c1. The fraction of sp³-hybridized carbons (Fsp3) is 0.222. The summed E-state index contributed by atoms with van der Waals surface area (Å²) >= 11 is 0. The highest BCUT2D eigenvalue weighted by molar-refractivity contribution is 5.77. The molecule has 0 bridgehead atoms. The first-order valence-electron chi connectivity index (χ1n) is 7.46. The van der Waals surface area contributed by atoms with Crippen molar-refractivity contribution < 1.29 is 9.47 Å². The Labute approximate surface area is 138 Å². The van der Waals surface area contributed by atoms with Gasteiger partial charge in [-0.2, -0.15) is 0 Å². The number of ether oxygens (including phenoxy) is 2. The second-order valence-corrected chi connectivity index (χ2v) is 5.43. The Balaban J connectivity index is 2.18. The topological polar surface area (TPSA) is 62.5 Å². The maximum atomic E-state index is 12.7. The molecular formula is C18H18N2O4. The van der Waals surface area contributed by atoms with Crippen LogP contribution in [0, 0.1) is 0 Å². The number of fused-ring (bicyclic) bond motifs is 1. The number of methoxy groups -OCH3 is 2. The maximum absolute atomic E-state index is 12.7. The average Bonchev–Trinajstić information content (AvgIpc) is 2.63. The standard InChI is InChI=1S/C18H18N2O4/c1-19-15-7-5-4-6-14(15)17(21)20(18(19)22)11-12-8-9-13(23-2)10-16(12)24-3/h4-10H,11H2,1-3H3. The minimum absolute atomic E-state index is 0.128. The van der Waals surface area contributed by atoms with Crippen molar-refractivity contribution in [2.45, 2.75) is 6.54 Å². The van der Waals surface area contributed by atoms with Crippen LogP contribution in [0.3, 0.4) is 0 Å². The van der Waals surface area contributed by atoms with Crippen LogP contribution in [0.2, 0.25) is 0 Å². The zero-order valence-corrected chi connectivity index (χ0v) is 13.8. The molecule has 0 N–H and O–H groups in total. The molecule has 2 aromatic carbocycles. The summed E-state index contributed by atoms with van der Waals surface area (Å²) < 4.78 is 13.2. The molecule has 3 rings (SSSR count). The molecule has 0 amide bonds. The van der Waals surface area contributed by atoms with Gasteiger partial charge in [-0.1, -0.05) is 12.1 Å². The third-order valence-corrected chi connectivity index (χ3v) is 4.08. The van der Waals surface area contributed by atoms with E-state index in [0.717, 1.165) is 5.56 Å². The molecule has 0 aliphatic heterocycles. The second kappa shape index (κ2) is 6.23. The van der Waals surface area contributed by atoms with Crippen molar-refractivity contribution in [1.82, 2.24) is 9.13 Å². The molecule has 0 radical (unpaired) electrons. The average molecular weight is 326 g/mol. The molecule has 0 aliphatic rings. The molecule has 0 saturated carbocycles. The molecule has 3 aromatic rings. The van der Waals surface area contributed by atoms with Crippen molar-refractivity contribution >= 4 is 10.9 Å². The lowest BCUT2D eigenvalue weighted by Crippen LogP contribution is -2.39. The van der Waals surface area contributed by atoms with E-state index >= 15 is 0 Å². The van der Waals surface area contributed by atoms with Gasteiger partial charge in [0.2, 0.25) is 0 Å². The normalized spacial score (nSPS) is 10.8. The molecular weight excluding hydrogens is 308 g/mol. The number of para-hydroxylation sites is 1. The highest BCUT2D eigenvalue weighted by Crippen LogP contribution is 2.24. The van der Waals surface area contributed by atoms with Crippen LogP contribution in [0.15, 0.2) is 52.1 Å². The largest absolute Gasteiger partial charge is 0.497 e. The third-order valence-electron chi connectivity index (χ3n) is 4.08. The highest BCUT2D eigenvalue weighted by Gasteiger charge is 2.13. The van der Waals surface area contributed by atoms with Gasteiger partial charge < -0.3 is 9.47 Å².